The minimum absolute atomic E-state index is 0.00294. The number of nitrogens with zero attached hydrogens (tertiary/aromatic N) is 2. The summed E-state index contributed by atoms with van der Waals surface area (Å²) in [5, 5.41) is 10.8. The first-order chi connectivity index (χ1) is 20.1. The number of aryl methyl sites for hydroxylation is 2. The van der Waals surface area contributed by atoms with Crippen molar-refractivity contribution in [3.63, 3.8) is 0 Å². The fourth-order valence-electron chi connectivity index (χ4n) is 4.58. The van der Waals surface area contributed by atoms with Gasteiger partial charge in [0.15, 0.2) is 0 Å². The summed E-state index contributed by atoms with van der Waals surface area (Å²) in [6.45, 7) is 6.28. The molecule has 5 aromatic rings. The molecule has 0 aliphatic heterocycles. The van der Waals surface area contributed by atoms with Crippen molar-refractivity contribution >= 4 is 21.7 Å². The van der Waals surface area contributed by atoms with Crippen LogP contribution in [-0.2, 0) is 11.8 Å². The van der Waals surface area contributed by atoms with Gasteiger partial charge in [-0.1, -0.05) is 77.9 Å². The van der Waals surface area contributed by atoms with Crippen LogP contribution in [0.3, 0.4) is 0 Å². The molecule has 0 atom stereocenters. The van der Waals surface area contributed by atoms with E-state index in [1.54, 1.807) is 26.8 Å². The van der Waals surface area contributed by atoms with Gasteiger partial charge in [0.1, 0.15) is 11.3 Å². The van der Waals surface area contributed by atoms with E-state index < -0.39 is 25.5 Å². The monoisotopic (exact) mass is 484 g/mol. The molecule has 0 aliphatic rings. The SMILES string of the molecule is [2H]C([2H])([2H])c1nnc(-c2cc(C(C)(C)C)c3ccccc3c2)cc1-c1oc2cc(C([2H])([2H])C(C)(C)C)ccc2c1C([2H])([2H])[2H]. The second-order valence-corrected chi connectivity index (χ2v) is 11.4. The highest BCUT2D eigenvalue weighted by molar-refractivity contribution is 5.92. The van der Waals surface area contributed by atoms with E-state index in [2.05, 4.69) is 37.0 Å². The molecule has 0 saturated carbocycles. The van der Waals surface area contributed by atoms with Crippen LogP contribution in [0.4, 0.5) is 0 Å². The molecule has 0 bridgehead atoms. The first-order valence-electron chi connectivity index (χ1n) is 16.1. The molecule has 2 aromatic heterocycles. The highest BCUT2D eigenvalue weighted by Gasteiger charge is 2.21. The van der Waals surface area contributed by atoms with Crippen LogP contribution in [0.1, 0.15) is 74.9 Å². The molecule has 3 nitrogen and oxygen atoms in total. The summed E-state index contributed by atoms with van der Waals surface area (Å²) in [7, 11) is 0. The van der Waals surface area contributed by atoms with Gasteiger partial charge in [-0.25, -0.2) is 0 Å². The molecule has 0 amide bonds. The molecule has 2 heterocycles. The lowest BCUT2D eigenvalue weighted by Crippen LogP contribution is -2.12. The van der Waals surface area contributed by atoms with Crippen LogP contribution in [-0.4, -0.2) is 10.2 Å². The summed E-state index contributed by atoms with van der Waals surface area (Å²) in [5.74, 6) is -0.146. The van der Waals surface area contributed by atoms with Crippen molar-refractivity contribution in [2.45, 2.75) is 67.0 Å². The average molecular weight is 485 g/mol. The van der Waals surface area contributed by atoms with Crippen molar-refractivity contribution in [2.75, 3.05) is 0 Å². The van der Waals surface area contributed by atoms with Gasteiger partial charge in [0.2, 0.25) is 0 Å². The lowest BCUT2D eigenvalue weighted by atomic mass is 9.82. The number of hydrogen-bond donors (Lipinski definition) is 0. The molecule has 184 valence electrons. The fourth-order valence-corrected chi connectivity index (χ4v) is 4.58. The van der Waals surface area contributed by atoms with Crippen LogP contribution < -0.4 is 0 Å². The van der Waals surface area contributed by atoms with E-state index in [0.717, 1.165) is 16.3 Å². The van der Waals surface area contributed by atoms with Crippen molar-refractivity contribution in [3.05, 3.63) is 83.0 Å². The maximum Gasteiger partial charge on any atom is 0.140 e. The van der Waals surface area contributed by atoms with E-state index in [1.165, 1.54) is 18.2 Å². The van der Waals surface area contributed by atoms with Crippen molar-refractivity contribution in [1.29, 1.82) is 0 Å². The third-order valence-electron chi connectivity index (χ3n) is 6.21. The highest BCUT2D eigenvalue weighted by Crippen LogP contribution is 2.38. The van der Waals surface area contributed by atoms with E-state index in [4.69, 9.17) is 15.4 Å². The predicted octanol–water partition coefficient (Wildman–Crippen LogP) is 9.21. The van der Waals surface area contributed by atoms with Crippen LogP contribution in [0.25, 0.3) is 44.3 Å². The van der Waals surface area contributed by atoms with Gasteiger partial charge < -0.3 is 4.42 Å². The first kappa shape index (κ1) is 16.3. The zero-order chi connectivity index (χ0) is 32.6. The molecule has 0 fully saturated rings. The van der Waals surface area contributed by atoms with Gasteiger partial charge in [-0.3, -0.25) is 0 Å². The molecular weight excluding hydrogens is 440 g/mol. The van der Waals surface area contributed by atoms with E-state index in [-0.39, 0.29) is 39.0 Å². The number of aromatic nitrogens is 2. The van der Waals surface area contributed by atoms with Gasteiger partial charge in [-0.2, -0.15) is 10.2 Å². The molecule has 3 aromatic carbocycles. The molecule has 0 N–H and O–H groups in total. The molecule has 0 saturated heterocycles. The lowest BCUT2D eigenvalue weighted by molar-refractivity contribution is 0.411. The van der Waals surface area contributed by atoms with Gasteiger partial charge in [0.05, 0.1) is 11.4 Å². The molecule has 3 heteroatoms. The molecule has 0 spiro atoms. The van der Waals surface area contributed by atoms with Gasteiger partial charge in [0, 0.05) is 33.0 Å². The molecular formula is C33H36N2O. The lowest BCUT2D eigenvalue weighted by Gasteiger charge is -2.22. The summed E-state index contributed by atoms with van der Waals surface area (Å²) >= 11 is 0. The molecule has 36 heavy (non-hydrogen) atoms. The third kappa shape index (κ3) is 4.55. The Kier molecular flexibility index (Phi) is 3.89. The zero-order valence-electron chi connectivity index (χ0n) is 29.6. The number of rotatable bonds is 3. The maximum absolute atomic E-state index is 8.72. The summed E-state index contributed by atoms with van der Waals surface area (Å²) < 4.78 is 73.4. The highest BCUT2D eigenvalue weighted by atomic mass is 16.3. The van der Waals surface area contributed by atoms with E-state index >= 15 is 0 Å². The standard InChI is InChI=1S/C33H36N2O/c1-20-25-14-13-22(19-32(3,4)5)15-30(25)36-31(20)27-18-29(35-34-21(27)2)24-16-23-11-9-10-12-26(23)28(17-24)33(6,7)8/h9-18H,19H2,1-8H3/i1D3,2D3,19D2. The smallest absolute Gasteiger partial charge is 0.140 e. The molecule has 0 radical (unpaired) electrons. The largest absolute Gasteiger partial charge is 0.456 e. The number of fused-ring (bicyclic) bond motifs is 2. The van der Waals surface area contributed by atoms with Crippen LogP contribution in [0.2, 0.25) is 0 Å². The Hall–Kier alpha value is -3.46. The second-order valence-electron chi connectivity index (χ2n) is 11.4. The predicted molar refractivity (Wildman–Crippen MR) is 152 cm³/mol. The Labute approximate surface area is 225 Å². The van der Waals surface area contributed by atoms with E-state index in [1.807, 2.05) is 30.3 Å². The van der Waals surface area contributed by atoms with Crippen molar-refractivity contribution in [2.24, 2.45) is 5.41 Å². The van der Waals surface area contributed by atoms with Crippen molar-refractivity contribution in [1.82, 2.24) is 10.2 Å². The Morgan fingerprint density at radius 3 is 2.39 bits per heavy atom. The quantitative estimate of drug-likeness (QED) is 0.256. The fraction of sp³-hybridized carbons (Fsp3) is 0.333. The number of benzene rings is 3. The minimum atomic E-state index is -2.72. The molecule has 5 rings (SSSR count). The summed E-state index contributed by atoms with van der Waals surface area (Å²) in [6.07, 6.45) is -1.76. The van der Waals surface area contributed by atoms with Gasteiger partial charge in [-0.05, 0) is 77.1 Å². The van der Waals surface area contributed by atoms with Crippen LogP contribution in [0, 0.1) is 19.1 Å². The van der Waals surface area contributed by atoms with Crippen LogP contribution >= 0.6 is 0 Å². The topological polar surface area (TPSA) is 38.9 Å². The van der Waals surface area contributed by atoms with Gasteiger partial charge in [0.25, 0.3) is 0 Å². The first-order valence-corrected chi connectivity index (χ1v) is 12.1. The third-order valence-corrected chi connectivity index (χ3v) is 6.21. The molecule has 0 unspecified atom stereocenters. The number of hydrogen-bond acceptors (Lipinski definition) is 3. The van der Waals surface area contributed by atoms with Crippen molar-refractivity contribution < 1.29 is 15.4 Å². The van der Waals surface area contributed by atoms with Gasteiger partial charge >= 0.3 is 0 Å². The normalized spacial score (nSPS) is 16.9. The van der Waals surface area contributed by atoms with Crippen LogP contribution in [0.5, 0.6) is 0 Å². The van der Waals surface area contributed by atoms with Crippen molar-refractivity contribution in [3.8, 4) is 22.6 Å². The Morgan fingerprint density at radius 2 is 1.67 bits per heavy atom. The molecule has 0 aliphatic carbocycles. The zero-order valence-corrected chi connectivity index (χ0v) is 21.6. The number of furan rings is 1. The van der Waals surface area contributed by atoms with E-state index in [0.29, 0.717) is 16.8 Å². The second kappa shape index (κ2) is 8.58. The Balaban J connectivity index is 1.82. The van der Waals surface area contributed by atoms with Crippen LogP contribution in [0.15, 0.2) is 65.1 Å². The average Bonchev–Trinajstić information content (AvgIpc) is 3.30. The Bertz CT molecular complexity index is 1890. The summed E-state index contributed by atoms with van der Waals surface area (Å²) in [5.41, 5.74) is 1.10. The summed E-state index contributed by atoms with van der Waals surface area (Å²) in [6, 6.07) is 18.1. The minimum Gasteiger partial charge on any atom is -0.456 e. The Morgan fingerprint density at radius 1 is 0.861 bits per heavy atom. The van der Waals surface area contributed by atoms with E-state index in [9.17, 15) is 0 Å². The summed E-state index contributed by atoms with van der Waals surface area (Å²) in [4.78, 5) is 0. The maximum atomic E-state index is 8.72. The van der Waals surface area contributed by atoms with Gasteiger partial charge in [-0.15, -0.1) is 0 Å².